The van der Waals surface area contributed by atoms with Crippen molar-refractivity contribution >= 4 is 11.6 Å². The molecule has 1 fully saturated rings. The van der Waals surface area contributed by atoms with E-state index in [1.807, 2.05) is 26.8 Å². The minimum absolute atomic E-state index is 0.199. The predicted molar refractivity (Wildman–Crippen MR) is 70.1 cm³/mol. The number of aryl methyl sites for hydroxylation is 2. The summed E-state index contributed by atoms with van der Waals surface area (Å²) in [5, 5.41) is 0. The third-order valence-electron chi connectivity index (χ3n) is 3.31. The second kappa shape index (κ2) is 5.48. The molecule has 2 heterocycles. The van der Waals surface area contributed by atoms with Gasteiger partial charge >= 0.3 is 0 Å². The van der Waals surface area contributed by atoms with Gasteiger partial charge in [0.05, 0.1) is 18.9 Å². The van der Waals surface area contributed by atoms with Crippen LogP contribution in [0.5, 0.6) is 0 Å². The fourth-order valence-electron chi connectivity index (χ4n) is 2.42. The van der Waals surface area contributed by atoms with Crippen LogP contribution in [0.4, 0.5) is 5.82 Å². The van der Waals surface area contributed by atoms with Crippen molar-refractivity contribution < 1.29 is 14.5 Å². The van der Waals surface area contributed by atoms with E-state index >= 15 is 0 Å². The number of anilines is 1. The van der Waals surface area contributed by atoms with Crippen LogP contribution in [0, 0.1) is 13.8 Å². The van der Waals surface area contributed by atoms with E-state index in [4.69, 9.17) is 4.74 Å². The maximum absolute atomic E-state index is 12.1. The average molecular weight is 249 g/mol. The highest BCUT2D eigenvalue weighted by molar-refractivity contribution is 6.01. The fourth-order valence-corrected chi connectivity index (χ4v) is 2.42. The summed E-state index contributed by atoms with van der Waals surface area (Å²) in [4.78, 5) is 17.7. The predicted octanol–water partition coefficient (Wildman–Crippen LogP) is 1.55. The monoisotopic (exact) mass is 249 g/mol. The summed E-state index contributed by atoms with van der Waals surface area (Å²) < 4.78 is 5.37. The zero-order valence-electron chi connectivity index (χ0n) is 11.4. The molecule has 1 aliphatic heterocycles. The first-order valence-corrected chi connectivity index (χ1v) is 6.53. The van der Waals surface area contributed by atoms with Gasteiger partial charge in [0.15, 0.2) is 5.78 Å². The molecule has 0 bridgehead atoms. The molecule has 0 atom stereocenters. The number of rotatable bonds is 3. The van der Waals surface area contributed by atoms with Crippen LogP contribution in [-0.2, 0) is 4.74 Å². The molecule has 2 rings (SSSR count). The maximum atomic E-state index is 12.1. The molecule has 0 aliphatic carbocycles. The summed E-state index contributed by atoms with van der Waals surface area (Å²) in [5.74, 6) is 1.16. The number of ether oxygens (including phenoxy) is 1. The summed E-state index contributed by atoms with van der Waals surface area (Å²) in [7, 11) is 0. The van der Waals surface area contributed by atoms with Crippen molar-refractivity contribution in [3.63, 3.8) is 0 Å². The van der Waals surface area contributed by atoms with Crippen molar-refractivity contribution in [1.29, 1.82) is 0 Å². The van der Waals surface area contributed by atoms with E-state index in [-0.39, 0.29) is 5.78 Å². The molecule has 1 N–H and O–H groups in total. The smallest absolute Gasteiger partial charge is 0.285 e. The molecule has 1 aromatic rings. The minimum atomic E-state index is 0.199. The van der Waals surface area contributed by atoms with Gasteiger partial charge in [-0.05, 0) is 25.5 Å². The Kier molecular flexibility index (Phi) is 3.97. The number of aromatic amines is 1. The van der Waals surface area contributed by atoms with Crippen molar-refractivity contribution in [3.8, 4) is 0 Å². The number of carbonyl (C=O) groups is 1. The highest BCUT2D eigenvalue weighted by Crippen LogP contribution is 2.22. The molecule has 18 heavy (non-hydrogen) atoms. The second-order valence-corrected chi connectivity index (χ2v) is 4.74. The molecule has 0 saturated carbocycles. The number of H-pyrrole nitrogens is 1. The lowest BCUT2D eigenvalue weighted by Crippen LogP contribution is -2.41. The van der Waals surface area contributed by atoms with E-state index in [1.165, 1.54) is 0 Å². The van der Waals surface area contributed by atoms with E-state index in [2.05, 4.69) is 9.88 Å². The number of hydrogen-bond donors (Lipinski definition) is 0. The first-order chi connectivity index (χ1) is 8.63. The van der Waals surface area contributed by atoms with Gasteiger partial charge in [0.25, 0.3) is 5.82 Å². The Bertz CT molecular complexity index is 451. The number of carbonyl (C=O) groups excluding carboxylic acids is 1. The first-order valence-electron chi connectivity index (χ1n) is 6.53. The fraction of sp³-hybridized carbons (Fsp3) is 0.571. The van der Waals surface area contributed by atoms with E-state index in [0.717, 1.165) is 48.9 Å². The number of morpholine rings is 1. The van der Waals surface area contributed by atoms with Gasteiger partial charge < -0.3 is 4.74 Å². The summed E-state index contributed by atoms with van der Waals surface area (Å²) in [6.45, 7) is 9.06. The number of hydrogen-bond acceptors (Lipinski definition) is 3. The molecule has 4 nitrogen and oxygen atoms in total. The molecular formula is C14H21N2O2+. The Morgan fingerprint density at radius 2 is 2.06 bits per heavy atom. The molecule has 4 heteroatoms. The zero-order valence-corrected chi connectivity index (χ0v) is 11.4. The van der Waals surface area contributed by atoms with Crippen LogP contribution in [-0.4, -0.2) is 32.1 Å². The Morgan fingerprint density at radius 3 is 2.67 bits per heavy atom. The van der Waals surface area contributed by atoms with Gasteiger partial charge in [-0.2, -0.15) is 0 Å². The molecule has 0 unspecified atom stereocenters. The van der Waals surface area contributed by atoms with Crippen LogP contribution in [0.15, 0.2) is 6.07 Å². The van der Waals surface area contributed by atoms with Crippen molar-refractivity contribution in [1.82, 2.24) is 0 Å². The number of ketones is 1. The van der Waals surface area contributed by atoms with E-state index in [9.17, 15) is 4.79 Å². The van der Waals surface area contributed by atoms with E-state index < -0.39 is 0 Å². The average Bonchev–Trinajstić information content (AvgIpc) is 2.38. The molecular weight excluding hydrogens is 228 g/mol. The highest BCUT2D eigenvalue weighted by Gasteiger charge is 2.27. The number of aromatic nitrogens is 1. The van der Waals surface area contributed by atoms with E-state index in [0.29, 0.717) is 6.42 Å². The standard InChI is InChI=1S/C14H20N2O2/c1-4-12(17)13-10(2)9-11(3)15-14(13)16-5-7-18-8-6-16/h9H,4-8H2,1-3H3/p+1. The summed E-state index contributed by atoms with van der Waals surface area (Å²) in [6.07, 6.45) is 0.537. The third kappa shape index (κ3) is 2.53. The molecule has 1 aromatic heterocycles. The van der Waals surface area contributed by atoms with Crippen molar-refractivity contribution in [2.75, 3.05) is 31.2 Å². The molecule has 0 amide bonds. The van der Waals surface area contributed by atoms with Gasteiger partial charge in [0.1, 0.15) is 18.7 Å². The third-order valence-corrected chi connectivity index (χ3v) is 3.31. The zero-order chi connectivity index (χ0) is 13.1. The van der Waals surface area contributed by atoms with Gasteiger partial charge in [-0.25, -0.2) is 4.98 Å². The normalized spacial score (nSPS) is 15.8. The van der Waals surface area contributed by atoms with Crippen LogP contribution in [0.3, 0.4) is 0 Å². The maximum Gasteiger partial charge on any atom is 0.285 e. The number of nitrogens with one attached hydrogen (secondary N) is 1. The summed E-state index contributed by atoms with van der Waals surface area (Å²) in [5.41, 5.74) is 2.98. The lowest BCUT2D eigenvalue weighted by Gasteiger charge is -2.23. The van der Waals surface area contributed by atoms with Gasteiger partial charge in [-0.1, -0.05) is 6.92 Å². The van der Waals surface area contributed by atoms with E-state index in [1.54, 1.807) is 0 Å². The van der Waals surface area contributed by atoms with Crippen LogP contribution in [0.2, 0.25) is 0 Å². The lowest BCUT2D eigenvalue weighted by atomic mass is 10.0. The number of pyridine rings is 1. The summed E-state index contributed by atoms with van der Waals surface area (Å²) >= 11 is 0. The van der Waals surface area contributed by atoms with Crippen molar-refractivity contribution in [2.24, 2.45) is 0 Å². The van der Waals surface area contributed by atoms with Gasteiger partial charge in [-0.3, -0.25) is 9.69 Å². The Labute approximate surface area is 108 Å². The molecule has 0 spiro atoms. The first kappa shape index (κ1) is 13.0. The molecule has 1 saturated heterocycles. The Morgan fingerprint density at radius 1 is 1.39 bits per heavy atom. The van der Waals surface area contributed by atoms with Crippen LogP contribution < -0.4 is 9.88 Å². The molecule has 0 aromatic carbocycles. The quantitative estimate of drug-likeness (QED) is 0.763. The van der Waals surface area contributed by atoms with Crippen molar-refractivity contribution in [2.45, 2.75) is 27.2 Å². The molecule has 1 aliphatic rings. The number of nitrogens with zero attached hydrogens (tertiary/aromatic N) is 1. The van der Waals surface area contributed by atoms with Crippen LogP contribution in [0.1, 0.15) is 35.0 Å². The Balaban J connectivity index is 2.45. The Hall–Kier alpha value is -1.42. The highest BCUT2D eigenvalue weighted by atomic mass is 16.5. The van der Waals surface area contributed by atoms with Crippen LogP contribution >= 0.6 is 0 Å². The second-order valence-electron chi connectivity index (χ2n) is 4.74. The van der Waals surface area contributed by atoms with Crippen LogP contribution in [0.25, 0.3) is 0 Å². The topological polar surface area (TPSA) is 43.7 Å². The van der Waals surface area contributed by atoms with Crippen molar-refractivity contribution in [3.05, 3.63) is 22.9 Å². The van der Waals surface area contributed by atoms with Gasteiger partial charge in [-0.15, -0.1) is 0 Å². The minimum Gasteiger partial charge on any atom is -0.373 e. The molecule has 98 valence electrons. The number of Topliss-reactive ketones (excluding diaryl/α,β-unsaturated/α-hetero) is 1. The molecule has 0 radical (unpaired) electrons. The van der Waals surface area contributed by atoms with Gasteiger partial charge in [0, 0.05) is 6.42 Å². The SMILES string of the molecule is CCC(=O)c1c(C)cc(C)[nH+]c1N1CCOCC1. The van der Waals surface area contributed by atoms with Gasteiger partial charge in [0.2, 0.25) is 0 Å². The summed E-state index contributed by atoms with van der Waals surface area (Å²) in [6, 6.07) is 2.03. The largest absolute Gasteiger partial charge is 0.373 e. The lowest BCUT2D eigenvalue weighted by molar-refractivity contribution is -0.374.